The van der Waals surface area contributed by atoms with Crippen molar-refractivity contribution in [1.29, 1.82) is 0 Å². The highest BCUT2D eigenvalue weighted by molar-refractivity contribution is 5.71. The van der Waals surface area contributed by atoms with Crippen LogP contribution in [0.1, 0.15) is 213 Å². The number of unbranched alkanes of at least 4 members (excludes halogenated alkanes) is 20. The fourth-order valence-corrected chi connectivity index (χ4v) is 5.90. The molecule has 1 atom stereocenters. The minimum absolute atomic E-state index is 0.0839. The Hall–Kier alpha value is -2.63. The Balaban J connectivity index is 4.33. The summed E-state index contributed by atoms with van der Waals surface area (Å²) < 4.78 is 16.6. The summed E-state index contributed by atoms with van der Waals surface area (Å²) in [5.41, 5.74) is 0. The number of rotatable bonds is 39. The van der Waals surface area contributed by atoms with Crippen molar-refractivity contribution >= 4 is 17.9 Å². The van der Waals surface area contributed by atoms with E-state index in [9.17, 15) is 14.4 Å². The molecule has 0 N–H and O–H groups in total. The first-order valence-electron chi connectivity index (χ1n) is 22.1. The lowest BCUT2D eigenvalue weighted by molar-refractivity contribution is -0.167. The van der Waals surface area contributed by atoms with Gasteiger partial charge < -0.3 is 14.2 Å². The molecule has 0 aliphatic rings. The van der Waals surface area contributed by atoms with Crippen LogP contribution < -0.4 is 0 Å². The maximum atomic E-state index is 12.7. The normalized spacial score (nSPS) is 12.4. The summed E-state index contributed by atoms with van der Waals surface area (Å²) in [5, 5.41) is 0. The molecule has 6 heteroatoms. The van der Waals surface area contributed by atoms with Gasteiger partial charge in [0.05, 0.1) is 0 Å². The first-order chi connectivity index (χ1) is 26.0. The molecule has 1 unspecified atom stereocenters. The fourth-order valence-electron chi connectivity index (χ4n) is 5.90. The van der Waals surface area contributed by atoms with Crippen molar-refractivity contribution in [2.75, 3.05) is 13.2 Å². The van der Waals surface area contributed by atoms with E-state index in [0.717, 1.165) is 103 Å². The number of carbonyl (C=O) groups is 3. The number of hydrogen-bond acceptors (Lipinski definition) is 6. The molecule has 0 aromatic carbocycles. The van der Waals surface area contributed by atoms with Gasteiger partial charge in [0.1, 0.15) is 13.2 Å². The maximum absolute atomic E-state index is 12.7. The number of ether oxygens (including phenoxy) is 3. The summed E-state index contributed by atoms with van der Waals surface area (Å²) in [7, 11) is 0. The molecule has 0 aromatic heterocycles. The number of esters is 3. The van der Waals surface area contributed by atoms with Crippen molar-refractivity contribution in [3.63, 3.8) is 0 Å². The Morgan fingerprint density at radius 2 is 0.698 bits per heavy atom. The summed E-state index contributed by atoms with van der Waals surface area (Å²) in [6.07, 6.45) is 48.2. The van der Waals surface area contributed by atoms with Gasteiger partial charge in [0.15, 0.2) is 6.10 Å². The molecule has 0 rings (SSSR count). The lowest BCUT2D eigenvalue weighted by atomic mass is 10.1. The van der Waals surface area contributed by atoms with Gasteiger partial charge in [-0.2, -0.15) is 0 Å². The SMILES string of the molecule is CCCC/C=C\C/C=C\CCCCCCCC(=O)OC(COC(=O)CCCCCCCC)COC(=O)CCCCCCC/C=C\C/C=C\CCCCC. The predicted molar refractivity (Wildman–Crippen MR) is 224 cm³/mol. The smallest absolute Gasteiger partial charge is 0.306 e. The van der Waals surface area contributed by atoms with E-state index in [2.05, 4.69) is 69.4 Å². The highest BCUT2D eigenvalue weighted by atomic mass is 16.6. The maximum Gasteiger partial charge on any atom is 0.306 e. The van der Waals surface area contributed by atoms with Gasteiger partial charge in [-0.25, -0.2) is 0 Å². The molecule has 0 saturated carbocycles. The third kappa shape index (κ3) is 40.4. The van der Waals surface area contributed by atoms with Gasteiger partial charge in [-0.15, -0.1) is 0 Å². The van der Waals surface area contributed by atoms with Crippen LogP contribution in [0.25, 0.3) is 0 Å². The number of allylic oxidation sites excluding steroid dienone is 8. The zero-order valence-corrected chi connectivity index (χ0v) is 34.8. The van der Waals surface area contributed by atoms with E-state index in [1.54, 1.807) is 0 Å². The van der Waals surface area contributed by atoms with Crippen LogP contribution >= 0.6 is 0 Å². The molecule has 0 aromatic rings. The third-order valence-electron chi connectivity index (χ3n) is 9.31. The molecule has 6 nitrogen and oxygen atoms in total. The van der Waals surface area contributed by atoms with Crippen molar-refractivity contribution in [3.8, 4) is 0 Å². The summed E-state index contributed by atoms with van der Waals surface area (Å²) in [6, 6.07) is 0. The van der Waals surface area contributed by atoms with Crippen molar-refractivity contribution < 1.29 is 28.6 Å². The summed E-state index contributed by atoms with van der Waals surface area (Å²) in [5.74, 6) is -0.925. The second kappa shape index (κ2) is 42.1. The quantitative estimate of drug-likeness (QED) is 0.0270. The molecular weight excluding hydrogens is 661 g/mol. The van der Waals surface area contributed by atoms with Gasteiger partial charge in [0.2, 0.25) is 0 Å². The van der Waals surface area contributed by atoms with Crippen molar-refractivity contribution in [2.45, 2.75) is 219 Å². The van der Waals surface area contributed by atoms with E-state index in [0.29, 0.717) is 19.3 Å². The van der Waals surface area contributed by atoms with E-state index in [1.807, 2.05) is 0 Å². The molecule has 0 amide bonds. The van der Waals surface area contributed by atoms with E-state index in [1.165, 1.54) is 70.6 Å². The minimum atomic E-state index is -0.780. The predicted octanol–water partition coefficient (Wildman–Crippen LogP) is 14.0. The minimum Gasteiger partial charge on any atom is -0.462 e. The van der Waals surface area contributed by atoms with Crippen LogP contribution in [0.2, 0.25) is 0 Å². The van der Waals surface area contributed by atoms with E-state index >= 15 is 0 Å². The lowest BCUT2D eigenvalue weighted by Crippen LogP contribution is -2.30. The van der Waals surface area contributed by atoms with E-state index < -0.39 is 6.10 Å². The zero-order chi connectivity index (χ0) is 38.7. The lowest BCUT2D eigenvalue weighted by Gasteiger charge is -2.18. The van der Waals surface area contributed by atoms with Crippen LogP contribution in [0, 0.1) is 0 Å². The average molecular weight is 743 g/mol. The fraction of sp³-hybridized carbons (Fsp3) is 0.766. The molecular formula is C47H82O6. The Labute approximate surface area is 327 Å². The molecule has 0 aliphatic heterocycles. The molecule has 53 heavy (non-hydrogen) atoms. The van der Waals surface area contributed by atoms with Crippen LogP contribution in [0.5, 0.6) is 0 Å². The third-order valence-corrected chi connectivity index (χ3v) is 9.31. The van der Waals surface area contributed by atoms with Crippen LogP contribution in [0.15, 0.2) is 48.6 Å². The number of hydrogen-bond donors (Lipinski definition) is 0. The second-order valence-corrected chi connectivity index (χ2v) is 14.6. The standard InChI is InChI=1S/C47H82O6/c1-4-7-10-13-16-18-20-22-24-26-27-29-31-34-37-40-46(49)52-43-44(42-51-45(48)39-36-33-15-12-9-6-3)53-47(50)41-38-35-32-30-28-25-23-21-19-17-14-11-8-5-2/h14,16-18,21-24,44H,4-13,15,19-20,25-43H2,1-3H3/b17-14-,18-16-,23-21-,24-22-. The van der Waals surface area contributed by atoms with Gasteiger partial charge in [-0.1, -0.05) is 166 Å². The van der Waals surface area contributed by atoms with Crippen LogP contribution in [-0.4, -0.2) is 37.2 Å². The van der Waals surface area contributed by atoms with Gasteiger partial charge in [-0.3, -0.25) is 14.4 Å². The van der Waals surface area contributed by atoms with Crippen LogP contribution in [-0.2, 0) is 28.6 Å². The van der Waals surface area contributed by atoms with E-state index in [-0.39, 0.29) is 31.1 Å². The molecule has 0 aliphatic carbocycles. The summed E-state index contributed by atoms with van der Waals surface area (Å²) in [6.45, 7) is 6.47. The first-order valence-corrected chi connectivity index (χ1v) is 22.1. The molecule has 0 heterocycles. The van der Waals surface area contributed by atoms with Gasteiger partial charge in [-0.05, 0) is 77.0 Å². The van der Waals surface area contributed by atoms with Gasteiger partial charge in [0.25, 0.3) is 0 Å². The highest BCUT2D eigenvalue weighted by Gasteiger charge is 2.19. The monoisotopic (exact) mass is 743 g/mol. The molecule has 0 bridgehead atoms. The van der Waals surface area contributed by atoms with Crippen molar-refractivity contribution in [1.82, 2.24) is 0 Å². The first kappa shape index (κ1) is 50.4. The van der Waals surface area contributed by atoms with Gasteiger partial charge >= 0.3 is 17.9 Å². The second-order valence-electron chi connectivity index (χ2n) is 14.6. The molecule has 0 spiro atoms. The van der Waals surface area contributed by atoms with Gasteiger partial charge in [0, 0.05) is 19.3 Å². The van der Waals surface area contributed by atoms with Crippen LogP contribution in [0.3, 0.4) is 0 Å². The van der Waals surface area contributed by atoms with Crippen molar-refractivity contribution in [2.24, 2.45) is 0 Å². The topological polar surface area (TPSA) is 78.9 Å². The average Bonchev–Trinajstić information content (AvgIpc) is 3.15. The van der Waals surface area contributed by atoms with E-state index in [4.69, 9.17) is 14.2 Å². The molecule has 306 valence electrons. The van der Waals surface area contributed by atoms with Crippen molar-refractivity contribution in [3.05, 3.63) is 48.6 Å². The zero-order valence-electron chi connectivity index (χ0n) is 34.8. The highest BCUT2D eigenvalue weighted by Crippen LogP contribution is 2.13. The Bertz CT molecular complexity index is 949. The molecule has 0 saturated heterocycles. The summed E-state index contributed by atoms with van der Waals surface area (Å²) >= 11 is 0. The van der Waals surface area contributed by atoms with Crippen LogP contribution in [0.4, 0.5) is 0 Å². The molecule has 0 radical (unpaired) electrons. The largest absolute Gasteiger partial charge is 0.462 e. The Morgan fingerprint density at radius 3 is 1.13 bits per heavy atom. The summed E-state index contributed by atoms with van der Waals surface area (Å²) in [4.78, 5) is 37.5. The Kier molecular flexibility index (Phi) is 40.0. The Morgan fingerprint density at radius 1 is 0.377 bits per heavy atom. The molecule has 0 fully saturated rings. The number of carbonyl (C=O) groups excluding carboxylic acids is 3.